The van der Waals surface area contributed by atoms with Crippen LogP contribution in [0.5, 0.6) is 0 Å². The predicted molar refractivity (Wildman–Crippen MR) is 266 cm³/mol. The number of unbranched alkanes of at least 4 members (excludes halogenated alkanes) is 35. The summed E-state index contributed by atoms with van der Waals surface area (Å²) in [6.45, 7) is 11.4. The molecule has 0 saturated heterocycles. The Balaban J connectivity index is 4.23. The summed E-state index contributed by atoms with van der Waals surface area (Å²) in [5.74, 6) is 0.848. The molecule has 0 aliphatic heterocycles. The summed E-state index contributed by atoms with van der Waals surface area (Å²) in [5, 5.41) is 0. The second-order valence-corrected chi connectivity index (χ2v) is 20.2. The van der Waals surface area contributed by atoms with Crippen molar-refractivity contribution in [3.8, 4) is 0 Å². The van der Waals surface area contributed by atoms with Crippen LogP contribution in [0.25, 0.3) is 0 Å². The predicted octanol–water partition coefficient (Wildman–Crippen LogP) is 18.1. The molecular weight excluding hydrogens is 769 g/mol. The van der Waals surface area contributed by atoms with E-state index in [1.807, 2.05) is 0 Å². The van der Waals surface area contributed by atoms with Gasteiger partial charge in [0, 0.05) is 19.3 Å². The smallest absolute Gasteiger partial charge is 0.306 e. The minimum Gasteiger partial charge on any atom is -0.462 e. The zero-order valence-corrected chi connectivity index (χ0v) is 42.5. The van der Waals surface area contributed by atoms with E-state index in [0.29, 0.717) is 19.3 Å². The maximum absolute atomic E-state index is 12.8. The Morgan fingerprint density at radius 3 is 0.790 bits per heavy atom. The zero-order valence-electron chi connectivity index (χ0n) is 42.5. The van der Waals surface area contributed by atoms with Gasteiger partial charge < -0.3 is 14.2 Å². The molecule has 0 amide bonds. The van der Waals surface area contributed by atoms with Crippen molar-refractivity contribution in [2.75, 3.05) is 13.2 Å². The van der Waals surface area contributed by atoms with Crippen LogP contribution in [0.15, 0.2) is 0 Å². The van der Waals surface area contributed by atoms with Crippen molar-refractivity contribution in [3.63, 3.8) is 0 Å². The first kappa shape index (κ1) is 60.4. The van der Waals surface area contributed by atoms with Gasteiger partial charge in [-0.05, 0) is 31.1 Å². The number of ether oxygens (including phenoxy) is 3. The first-order chi connectivity index (χ1) is 30.2. The normalized spacial score (nSPS) is 12.0. The first-order valence-corrected chi connectivity index (χ1v) is 27.7. The summed E-state index contributed by atoms with van der Waals surface area (Å²) >= 11 is 0. The summed E-state index contributed by atoms with van der Waals surface area (Å²) in [7, 11) is 0. The van der Waals surface area contributed by atoms with E-state index in [1.165, 1.54) is 199 Å². The van der Waals surface area contributed by atoms with Crippen LogP contribution < -0.4 is 0 Å². The molecule has 62 heavy (non-hydrogen) atoms. The number of carbonyl (C=O) groups excluding carboxylic acids is 3. The van der Waals surface area contributed by atoms with Crippen LogP contribution in [-0.4, -0.2) is 37.2 Å². The Morgan fingerprint density at radius 1 is 0.306 bits per heavy atom. The highest BCUT2D eigenvalue weighted by molar-refractivity contribution is 5.71. The highest BCUT2D eigenvalue weighted by Crippen LogP contribution is 2.18. The Hall–Kier alpha value is -1.59. The van der Waals surface area contributed by atoms with Gasteiger partial charge in [0.05, 0.1) is 0 Å². The van der Waals surface area contributed by atoms with Crippen LogP contribution in [0.2, 0.25) is 0 Å². The third-order valence-electron chi connectivity index (χ3n) is 12.7. The van der Waals surface area contributed by atoms with Gasteiger partial charge in [0.1, 0.15) is 13.2 Å². The van der Waals surface area contributed by atoms with Crippen molar-refractivity contribution in [2.45, 2.75) is 317 Å². The van der Waals surface area contributed by atoms with Gasteiger partial charge >= 0.3 is 17.9 Å². The van der Waals surface area contributed by atoms with Crippen LogP contribution in [0.1, 0.15) is 311 Å². The second kappa shape index (κ2) is 48.9. The Bertz CT molecular complexity index is 947. The van der Waals surface area contributed by atoms with Gasteiger partial charge in [-0.3, -0.25) is 14.4 Å². The lowest BCUT2D eigenvalue weighted by Crippen LogP contribution is -2.30. The Labute approximate surface area is 387 Å². The molecule has 0 bridgehead atoms. The zero-order chi connectivity index (χ0) is 45.4. The van der Waals surface area contributed by atoms with Crippen molar-refractivity contribution < 1.29 is 28.6 Å². The van der Waals surface area contributed by atoms with E-state index in [9.17, 15) is 14.4 Å². The summed E-state index contributed by atoms with van der Waals surface area (Å²) in [6.07, 6.45) is 51.0. The van der Waals surface area contributed by atoms with Gasteiger partial charge in [0.15, 0.2) is 6.10 Å². The molecule has 0 fully saturated rings. The molecule has 0 spiro atoms. The fourth-order valence-corrected chi connectivity index (χ4v) is 8.52. The maximum Gasteiger partial charge on any atom is 0.306 e. The van der Waals surface area contributed by atoms with Crippen molar-refractivity contribution in [1.82, 2.24) is 0 Å². The fraction of sp³-hybridized carbons (Fsp3) is 0.946. The van der Waals surface area contributed by atoms with E-state index < -0.39 is 6.10 Å². The Morgan fingerprint density at radius 2 is 0.532 bits per heavy atom. The quantitative estimate of drug-likeness (QED) is 0.0344. The molecular formula is C56H108O6. The SMILES string of the molecule is CCCCCCCCCCCC(=O)OC[C@H](COC(=O)CCCCCCCCCCCCCCCCCC(C)C)OC(=O)CCCCCCCCCCCCCCCCC(C)C. The van der Waals surface area contributed by atoms with Crippen molar-refractivity contribution >= 4 is 17.9 Å². The lowest BCUT2D eigenvalue weighted by atomic mass is 10.0. The number of rotatable bonds is 50. The molecule has 0 radical (unpaired) electrons. The topological polar surface area (TPSA) is 78.9 Å². The highest BCUT2D eigenvalue weighted by Gasteiger charge is 2.19. The molecule has 0 rings (SSSR count). The molecule has 0 aromatic heterocycles. The minimum absolute atomic E-state index is 0.0630. The molecule has 0 heterocycles. The average Bonchev–Trinajstić information content (AvgIpc) is 3.24. The summed E-state index contributed by atoms with van der Waals surface area (Å²) in [4.78, 5) is 38.0. The van der Waals surface area contributed by atoms with Gasteiger partial charge in [-0.25, -0.2) is 0 Å². The molecule has 0 aliphatic rings. The van der Waals surface area contributed by atoms with Gasteiger partial charge in [-0.2, -0.15) is 0 Å². The largest absolute Gasteiger partial charge is 0.462 e. The van der Waals surface area contributed by atoms with Crippen molar-refractivity contribution in [2.24, 2.45) is 11.8 Å². The van der Waals surface area contributed by atoms with Crippen LogP contribution >= 0.6 is 0 Å². The number of hydrogen-bond donors (Lipinski definition) is 0. The van der Waals surface area contributed by atoms with Crippen LogP contribution in [0.3, 0.4) is 0 Å². The van der Waals surface area contributed by atoms with E-state index in [2.05, 4.69) is 34.6 Å². The van der Waals surface area contributed by atoms with Gasteiger partial charge in [0.2, 0.25) is 0 Å². The summed E-state index contributed by atoms with van der Waals surface area (Å²) in [6, 6.07) is 0. The minimum atomic E-state index is -0.761. The van der Waals surface area contributed by atoms with Crippen molar-refractivity contribution in [3.05, 3.63) is 0 Å². The second-order valence-electron chi connectivity index (χ2n) is 20.2. The van der Waals surface area contributed by atoms with E-state index in [4.69, 9.17) is 14.2 Å². The average molecular weight is 877 g/mol. The molecule has 0 aromatic rings. The standard InChI is InChI=1S/C56H108O6/c1-6-7-8-9-10-24-31-36-41-46-54(57)60-49-53(62-56(59)48-43-38-33-28-23-19-15-14-17-21-26-30-35-40-45-52(4)5)50-61-55(58)47-42-37-32-27-22-18-13-11-12-16-20-25-29-34-39-44-51(2)3/h51-53H,6-50H2,1-5H3/t53-/m1/s1. The number of esters is 3. The van der Waals surface area contributed by atoms with Crippen LogP contribution in [-0.2, 0) is 28.6 Å². The fourth-order valence-electron chi connectivity index (χ4n) is 8.52. The van der Waals surface area contributed by atoms with Crippen LogP contribution in [0.4, 0.5) is 0 Å². The van der Waals surface area contributed by atoms with E-state index in [0.717, 1.165) is 69.6 Å². The van der Waals surface area contributed by atoms with Gasteiger partial charge in [-0.15, -0.1) is 0 Å². The van der Waals surface area contributed by atoms with Gasteiger partial charge in [0.25, 0.3) is 0 Å². The van der Waals surface area contributed by atoms with Crippen molar-refractivity contribution in [1.29, 1.82) is 0 Å². The molecule has 0 unspecified atom stereocenters. The molecule has 6 nitrogen and oxygen atoms in total. The first-order valence-electron chi connectivity index (χ1n) is 27.7. The number of hydrogen-bond acceptors (Lipinski definition) is 6. The van der Waals surface area contributed by atoms with E-state index in [-0.39, 0.29) is 31.1 Å². The monoisotopic (exact) mass is 877 g/mol. The summed E-state index contributed by atoms with van der Waals surface area (Å²) < 4.78 is 16.8. The Kier molecular flexibility index (Phi) is 47.6. The molecule has 368 valence electrons. The number of carbonyl (C=O) groups is 3. The third kappa shape index (κ3) is 49.4. The third-order valence-corrected chi connectivity index (χ3v) is 12.7. The lowest BCUT2D eigenvalue weighted by molar-refractivity contribution is -0.167. The van der Waals surface area contributed by atoms with E-state index in [1.54, 1.807) is 0 Å². The molecule has 0 N–H and O–H groups in total. The maximum atomic E-state index is 12.8. The molecule has 1 atom stereocenters. The molecule has 0 aliphatic carbocycles. The molecule has 0 aromatic carbocycles. The lowest BCUT2D eigenvalue weighted by Gasteiger charge is -2.18. The highest BCUT2D eigenvalue weighted by atomic mass is 16.6. The van der Waals surface area contributed by atoms with E-state index >= 15 is 0 Å². The molecule has 0 saturated carbocycles. The van der Waals surface area contributed by atoms with Crippen LogP contribution in [0, 0.1) is 11.8 Å². The van der Waals surface area contributed by atoms with Gasteiger partial charge in [-0.1, -0.05) is 272 Å². The molecule has 6 heteroatoms. The summed E-state index contributed by atoms with van der Waals surface area (Å²) in [5.41, 5.74) is 0.